The Morgan fingerprint density at radius 3 is 2.35 bits per heavy atom. The van der Waals surface area contributed by atoms with E-state index in [0.29, 0.717) is 17.5 Å². The molecule has 2 rings (SSSR count). The average Bonchev–Trinajstić information content (AvgIpc) is 2.78. The molecule has 31 heavy (non-hydrogen) atoms. The summed E-state index contributed by atoms with van der Waals surface area (Å²) in [5.41, 5.74) is 14.2. The molecule has 2 aromatic carbocycles. The number of benzene rings is 2. The van der Waals surface area contributed by atoms with Crippen molar-refractivity contribution in [2.24, 2.45) is 5.73 Å². The molecule has 0 heterocycles. The number of carbonyl (C=O) groups is 2. The summed E-state index contributed by atoms with van der Waals surface area (Å²) in [5.74, 6) is -0.591. The van der Waals surface area contributed by atoms with Gasteiger partial charge in [-0.15, -0.1) is 0 Å². The van der Waals surface area contributed by atoms with E-state index in [4.69, 9.17) is 10.5 Å². The third-order valence-electron chi connectivity index (χ3n) is 5.08. The van der Waals surface area contributed by atoms with Gasteiger partial charge in [0.2, 0.25) is 5.91 Å². The summed E-state index contributed by atoms with van der Waals surface area (Å²) in [7, 11) is 0. The number of nitrogens with two attached hydrogens (primary N) is 1. The molecule has 0 aliphatic heterocycles. The van der Waals surface area contributed by atoms with E-state index in [-0.39, 0.29) is 5.91 Å². The van der Waals surface area contributed by atoms with Crippen LogP contribution in [0.15, 0.2) is 48.5 Å². The molecular formula is C25H35N3O3. The van der Waals surface area contributed by atoms with Crippen LogP contribution in [0.5, 0.6) is 0 Å². The Hall–Kier alpha value is -2.70. The summed E-state index contributed by atoms with van der Waals surface area (Å²) >= 11 is 0. The van der Waals surface area contributed by atoms with E-state index in [0.717, 1.165) is 63.0 Å². The van der Waals surface area contributed by atoms with E-state index in [1.165, 1.54) is 6.42 Å². The molecule has 6 nitrogen and oxygen atoms in total. The molecule has 0 radical (unpaired) electrons. The Balaban J connectivity index is 1.64. The summed E-state index contributed by atoms with van der Waals surface area (Å²) in [5, 5.41) is 0. The summed E-state index contributed by atoms with van der Waals surface area (Å²) in [6.07, 6.45) is 7.24. The molecule has 6 heteroatoms. The minimum Gasteiger partial charge on any atom is -0.381 e. The van der Waals surface area contributed by atoms with Gasteiger partial charge < -0.3 is 10.5 Å². The summed E-state index contributed by atoms with van der Waals surface area (Å²) < 4.78 is 5.55. The van der Waals surface area contributed by atoms with E-state index in [1.54, 1.807) is 24.3 Å². The van der Waals surface area contributed by atoms with Crippen LogP contribution in [0.25, 0.3) is 0 Å². The van der Waals surface area contributed by atoms with Gasteiger partial charge in [-0.25, -0.2) is 5.43 Å². The fourth-order valence-electron chi connectivity index (χ4n) is 3.24. The lowest BCUT2D eigenvalue weighted by Gasteiger charge is -2.09. The third-order valence-corrected chi connectivity index (χ3v) is 5.08. The topological polar surface area (TPSA) is 93.4 Å². The van der Waals surface area contributed by atoms with Crippen molar-refractivity contribution in [3.05, 3.63) is 70.8 Å². The number of hydrogen-bond acceptors (Lipinski definition) is 4. The number of primary amides is 1. The highest BCUT2D eigenvalue weighted by molar-refractivity contribution is 5.94. The first-order chi connectivity index (χ1) is 15.1. The predicted octanol–water partition coefficient (Wildman–Crippen LogP) is 3.99. The average molecular weight is 426 g/mol. The summed E-state index contributed by atoms with van der Waals surface area (Å²) in [4.78, 5) is 23.8. The lowest BCUT2D eigenvalue weighted by atomic mass is 9.98. The highest BCUT2D eigenvalue weighted by Crippen LogP contribution is 2.15. The second-order valence-corrected chi connectivity index (χ2v) is 7.66. The third kappa shape index (κ3) is 9.32. The van der Waals surface area contributed by atoms with Crippen LogP contribution in [-0.4, -0.2) is 31.6 Å². The Bertz CT molecular complexity index is 806. The van der Waals surface area contributed by atoms with Gasteiger partial charge in [0.15, 0.2) is 0 Å². The van der Waals surface area contributed by atoms with E-state index in [1.807, 2.05) is 24.3 Å². The quantitative estimate of drug-likeness (QED) is 0.297. The second kappa shape index (κ2) is 14.3. The molecule has 2 amide bonds. The number of carbonyl (C=O) groups excluding carboxylic acids is 2. The molecule has 0 aliphatic carbocycles. The molecule has 2 aromatic rings. The lowest BCUT2D eigenvalue weighted by molar-refractivity contribution is 0.0932. The van der Waals surface area contributed by atoms with Gasteiger partial charge >= 0.3 is 0 Å². The number of rotatable bonds is 15. The van der Waals surface area contributed by atoms with E-state index >= 15 is 0 Å². The fourth-order valence-corrected chi connectivity index (χ4v) is 3.24. The van der Waals surface area contributed by atoms with Crippen molar-refractivity contribution in [1.82, 2.24) is 10.9 Å². The first-order valence-electron chi connectivity index (χ1n) is 11.2. The van der Waals surface area contributed by atoms with Crippen LogP contribution in [0, 0.1) is 0 Å². The SMILES string of the molecule is CCCCOCCCCCCNNC(=O)c1ccc(Cc2ccccc2C(N)=O)cc1. The molecule has 0 bridgehead atoms. The molecule has 168 valence electrons. The largest absolute Gasteiger partial charge is 0.381 e. The molecular weight excluding hydrogens is 390 g/mol. The van der Waals surface area contributed by atoms with Crippen molar-refractivity contribution < 1.29 is 14.3 Å². The predicted molar refractivity (Wildman–Crippen MR) is 124 cm³/mol. The number of hydrogen-bond donors (Lipinski definition) is 3. The zero-order valence-corrected chi connectivity index (χ0v) is 18.5. The zero-order chi connectivity index (χ0) is 22.3. The number of unbranched alkanes of at least 4 members (excludes halogenated alkanes) is 4. The van der Waals surface area contributed by atoms with Crippen LogP contribution < -0.4 is 16.6 Å². The van der Waals surface area contributed by atoms with Crippen LogP contribution in [0.1, 0.15) is 77.3 Å². The number of amides is 2. The molecule has 0 aliphatic rings. The minimum atomic E-state index is -0.432. The van der Waals surface area contributed by atoms with Gasteiger partial charge in [0.25, 0.3) is 5.91 Å². The zero-order valence-electron chi connectivity index (χ0n) is 18.5. The van der Waals surface area contributed by atoms with Gasteiger partial charge in [-0.1, -0.05) is 56.5 Å². The highest BCUT2D eigenvalue weighted by atomic mass is 16.5. The van der Waals surface area contributed by atoms with Crippen molar-refractivity contribution in [2.75, 3.05) is 19.8 Å². The van der Waals surface area contributed by atoms with E-state index in [9.17, 15) is 9.59 Å². The minimum absolute atomic E-state index is 0.159. The number of ether oxygens (including phenoxy) is 1. The van der Waals surface area contributed by atoms with Gasteiger partial charge in [-0.3, -0.25) is 15.0 Å². The molecule has 0 saturated heterocycles. The molecule has 0 aromatic heterocycles. The van der Waals surface area contributed by atoms with Gasteiger partial charge in [0, 0.05) is 30.9 Å². The van der Waals surface area contributed by atoms with E-state index < -0.39 is 5.91 Å². The maximum Gasteiger partial charge on any atom is 0.265 e. The Labute approximate surface area is 185 Å². The van der Waals surface area contributed by atoms with Crippen LogP contribution in [-0.2, 0) is 11.2 Å². The molecule has 4 N–H and O–H groups in total. The normalized spacial score (nSPS) is 10.7. The van der Waals surface area contributed by atoms with Crippen LogP contribution in [0.2, 0.25) is 0 Å². The van der Waals surface area contributed by atoms with Crippen LogP contribution in [0.3, 0.4) is 0 Å². The van der Waals surface area contributed by atoms with Crippen LogP contribution in [0.4, 0.5) is 0 Å². The Morgan fingerprint density at radius 1 is 0.903 bits per heavy atom. The standard InChI is InChI=1S/C25H35N3O3/c1-2-3-17-31-18-9-5-4-8-16-27-28-25(30)21-14-12-20(13-15-21)19-22-10-6-7-11-23(22)24(26)29/h6-7,10-15,27H,2-5,8-9,16-19H2,1H3,(H2,26,29)(H,28,30). The fraction of sp³-hybridized carbons (Fsp3) is 0.440. The smallest absolute Gasteiger partial charge is 0.265 e. The first kappa shape index (κ1) is 24.6. The molecule has 0 unspecified atom stereocenters. The maximum atomic E-state index is 12.3. The van der Waals surface area contributed by atoms with Crippen molar-refractivity contribution in [1.29, 1.82) is 0 Å². The molecule has 0 fully saturated rings. The van der Waals surface area contributed by atoms with Crippen molar-refractivity contribution >= 4 is 11.8 Å². The van der Waals surface area contributed by atoms with Crippen LogP contribution >= 0.6 is 0 Å². The maximum absolute atomic E-state index is 12.3. The molecule has 0 spiro atoms. The van der Waals surface area contributed by atoms with Gasteiger partial charge in [-0.05, 0) is 55.0 Å². The molecule has 0 atom stereocenters. The van der Waals surface area contributed by atoms with Crippen molar-refractivity contribution in [3.8, 4) is 0 Å². The monoisotopic (exact) mass is 425 g/mol. The van der Waals surface area contributed by atoms with Gasteiger partial charge in [-0.2, -0.15) is 0 Å². The first-order valence-corrected chi connectivity index (χ1v) is 11.2. The summed E-state index contributed by atoms with van der Waals surface area (Å²) in [6.45, 7) is 4.61. The van der Waals surface area contributed by atoms with Gasteiger partial charge in [0.05, 0.1) is 0 Å². The van der Waals surface area contributed by atoms with Crippen molar-refractivity contribution in [3.63, 3.8) is 0 Å². The van der Waals surface area contributed by atoms with Gasteiger partial charge in [0.1, 0.15) is 0 Å². The second-order valence-electron chi connectivity index (χ2n) is 7.66. The Kier molecular flexibility index (Phi) is 11.4. The summed E-state index contributed by atoms with van der Waals surface area (Å²) in [6, 6.07) is 14.7. The lowest BCUT2D eigenvalue weighted by Crippen LogP contribution is -2.37. The van der Waals surface area contributed by atoms with Crippen molar-refractivity contribution in [2.45, 2.75) is 51.9 Å². The Morgan fingerprint density at radius 2 is 1.61 bits per heavy atom. The molecule has 0 saturated carbocycles. The number of nitrogens with one attached hydrogen (secondary N) is 2. The van der Waals surface area contributed by atoms with E-state index in [2.05, 4.69) is 17.8 Å². The number of hydrazine groups is 1. The highest BCUT2D eigenvalue weighted by Gasteiger charge is 2.09.